The average Bonchev–Trinajstić information content (AvgIpc) is 2.67. The number of pyridine rings is 2. The number of benzene rings is 2. The van der Waals surface area contributed by atoms with Gasteiger partial charge in [0.25, 0.3) is 0 Å². The van der Waals surface area contributed by atoms with Crippen molar-refractivity contribution in [3.05, 3.63) is 71.1 Å². The third-order valence-electron chi connectivity index (χ3n) is 4.27. The van der Waals surface area contributed by atoms with Crippen molar-refractivity contribution in [2.45, 2.75) is 0 Å². The van der Waals surface area contributed by atoms with Crippen LogP contribution in [0.2, 0.25) is 0 Å². The van der Waals surface area contributed by atoms with Crippen LogP contribution in [-0.2, 0) is 0 Å². The number of fused-ring (bicyclic) bond motifs is 2. The zero-order valence-electron chi connectivity index (χ0n) is 13.9. The molecule has 4 aromatic rings. The van der Waals surface area contributed by atoms with E-state index in [-0.39, 0.29) is 5.43 Å². The minimum absolute atomic E-state index is 0.0605. The molecule has 124 valence electrons. The van der Waals surface area contributed by atoms with Crippen LogP contribution in [0, 0.1) is 0 Å². The lowest BCUT2D eigenvalue weighted by Crippen LogP contribution is -2.07. The van der Waals surface area contributed by atoms with Gasteiger partial charge in [-0.3, -0.25) is 9.78 Å². The van der Waals surface area contributed by atoms with Gasteiger partial charge in [0, 0.05) is 41.0 Å². The monoisotopic (exact) mass is 332 g/mol. The smallest absolute Gasteiger partial charge is 0.189 e. The van der Waals surface area contributed by atoms with E-state index in [0.29, 0.717) is 16.9 Å². The molecule has 0 N–H and O–H groups in total. The Morgan fingerprint density at radius 2 is 1.76 bits per heavy atom. The highest BCUT2D eigenvalue weighted by molar-refractivity contribution is 5.86. The number of methoxy groups -OCH3 is 2. The molecule has 0 amide bonds. The molecule has 2 heterocycles. The van der Waals surface area contributed by atoms with Gasteiger partial charge in [-0.2, -0.15) is 0 Å². The molecule has 0 bridgehead atoms. The maximum absolute atomic E-state index is 12.3. The van der Waals surface area contributed by atoms with Crippen molar-refractivity contribution < 1.29 is 9.47 Å². The fourth-order valence-corrected chi connectivity index (χ4v) is 3.02. The Bertz CT molecular complexity index is 1150. The average molecular weight is 332 g/mol. The van der Waals surface area contributed by atoms with Gasteiger partial charge in [0.15, 0.2) is 16.9 Å². The summed E-state index contributed by atoms with van der Waals surface area (Å²) in [5.74, 6) is 1.12. The Morgan fingerprint density at radius 1 is 0.960 bits per heavy atom. The standard InChI is InChI=1S/C20H16N2O3/c1-24-19-11-15-17(12-20(19)25-2)22(9-7-18(15)23)14-5-6-16-13(10-14)4-3-8-21-16/h3-12H,1-2H3. The summed E-state index contributed by atoms with van der Waals surface area (Å²) in [7, 11) is 3.14. The van der Waals surface area contributed by atoms with E-state index >= 15 is 0 Å². The topological polar surface area (TPSA) is 53.4 Å². The zero-order chi connectivity index (χ0) is 17.4. The van der Waals surface area contributed by atoms with E-state index in [1.54, 1.807) is 38.7 Å². The van der Waals surface area contributed by atoms with Gasteiger partial charge in [-0.1, -0.05) is 6.07 Å². The molecule has 0 saturated heterocycles. The quantitative estimate of drug-likeness (QED) is 0.576. The predicted molar refractivity (Wildman–Crippen MR) is 98.0 cm³/mol. The molecule has 4 rings (SSSR count). The van der Waals surface area contributed by atoms with Crippen LogP contribution in [0.15, 0.2) is 65.7 Å². The van der Waals surface area contributed by atoms with Crippen LogP contribution in [0.25, 0.3) is 27.5 Å². The molecule has 0 unspecified atom stereocenters. The lowest BCUT2D eigenvalue weighted by molar-refractivity contribution is 0.355. The Hall–Kier alpha value is -3.34. The van der Waals surface area contributed by atoms with Crippen LogP contribution >= 0.6 is 0 Å². The second-order valence-electron chi connectivity index (χ2n) is 5.65. The Morgan fingerprint density at radius 3 is 2.56 bits per heavy atom. The lowest BCUT2D eigenvalue weighted by atomic mass is 10.1. The summed E-state index contributed by atoms with van der Waals surface area (Å²) < 4.78 is 12.7. The van der Waals surface area contributed by atoms with Gasteiger partial charge >= 0.3 is 0 Å². The molecule has 5 heteroatoms. The molecular weight excluding hydrogens is 316 g/mol. The van der Waals surface area contributed by atoms with E-state index in [4.69, 9.17) is 9.47 Å². The Kier molecular flexibility index (Phi) is 3.61. The minimum Gasteiger partial charge on any atom is -0.493 e. The zero-order valence-corrected chi connectivity index (χ0v) is 13.9. The van der Waals surface area contributed by atoms with Gasteiger partial charge in [-0.25, -0.2) is 0 Å². The molecule has 0 aliphatic carbocycles. The summed E-state index contributed by atoms with van der Waals surface area (Å²) >= 11 is 0. The first-order valence-corrected chi connectivity index (χ1v) is 7.84. The second kappa shape index (κ2) is 5.94. The minimum atomic E-state index is -0.0605. The van der Waals surface area contributed by atoms with Crippen molar-refractivity contribution in [1.82, 2.24) is 9.55 Å². The van der Waals surface area contributed by atoms with Crippen LogP contribution in [0.4, 0.5) is 0 Å². The second-order valence-corrected chi connectivity index (χ2v) is 5.65. The summed E-state index contributed by atoms with van der Waals surface area (Å²) in [5.41, 5.74) is 2.57. The summed E-state index contributed by atoms with van der Waals surface area (Å²) in [6.45, 7) is 0. The van der Waals surface area contributed by atoms with Crippen molar-refractivity contribution in [3.8, 4) is 17.2 Å². The van der Waals surface area contributed by atoms with Gasteiger partial charge in [-0.15, -0.1) is 0 Å². The number of rotatable bonds is 3. The molecule has 25 heavy (non-hydrogen) atoms. The highest BCUT2D eigenvalue weighted by Crippen LogP contribution is 2.32. The highest BCUT2D eigenvalue weighted by Gasteiger charge is 2.12. The molecule has 0 aliphatic rings. The maximum Gasteiger partial charge on any atom is 0.189 e. The van der Waals surface area contributed by atoms with Crippen molar-refractivity contribution in [1.29, 1.82) is 0 Å². The molecule has 0 aliphatic heterocycles. The molecule has 5 nitrogen and oxygen atoms in total. The molecule has 0 fully saturated rings. The van der Waals surface area contributed by atoms with Crippen molar-refractivity contribution in [2.75, 3.05) is 14.2 Å². The third-order valence-corrected chi connectivity index (χ3v) is 4.27. The predicted octanol–water partition coefficient (Wildman–Crippen LogP) is 3.56. The normalized spacial score (nSPS) is 11.0. The van der Waals surface area contributed by atoms with Crippen molar-refractivity contribution in [3.63, 3.8) is 0 Å². The summed E-state index contributed by atoms with van der Waals surface area (Å²) in [6.07, 6.45) is 3.54. The van der Waals surface area contributed by atoms with E-state index in [1.807, 2.05) is 41.0 Å². The van der Waals surface area contributed by atoms with E-state index in [0.717, 1.165) is 22.1 Å². The van der Waals surface area contributed by atoms with Gasteiger partial charge < -0.3 is 14.0 Å². The molecule has 0 spiro atoms. The summed E-state index contributed by atoms with van der Waals surface area (Å²) in [4.78, 5) is 16.7. The molecule has 2 aromatic carbocycles. The lowest BCUT2D eigenvalue weighted by Gasteiger charge is -2.14. The van der Waals surface area contributed by atoms with Crippen LogP contribution in [-0.4, -0.2) is 23.8 Å². The van der Waals surface area contributed by atoms with Crippen molar-refractivity contribution in [2.24, 2.45) is 0 Å². The fourth-order valence-electron chi connectivity index (χ4n) is 3.02. The number of hydrogen-bond donors (Lipinski definition) is 0. The van der Waals surface area contributed by atoms with Crippen LogP contribution < -0.4 is 14.9 Å². The van der Waals surface area contributed by atoms with E-state index in [1.165, 1.54) is 0 Å². The van der Waals surface area contributed by atoms with Crippen LogP contribution in [0.1, 0.15) is 0 Å². The number of ether oxygens (including phenoxy) is 2. The van der Waals surface area contributed by atoms with Crippen molar-refractivity contribution >= 4 is 21.8 Å². The first-order valence-electron chi connectivity index (χ1n) is 7.84. The van der Waals surface area contributed by atoms with Gasteiger partial charge in [-0.05, 0) is 30.3 Å². The summed E-state index contributed by atoms with van der Waals surface area (Å²) in [6, 6.07) is 15.0. The van der Waals surface area contributed by atoms with E-state index in [2.05, 4.69) is 4.98 Å². The summed E-state index contributed by atoms with van der Waals surface area (Å²) in [5, 5.41) is 1.61. The first kappa shape index (κ1) is 15.2. The molecule has 2 aromatic heterocycles. The number of nitrogens with zero attached hydrogens (tertiary/aromatic N) is 2. The molecule has 0 saturated carbocycles. The fraction of sp³-hybridized carbons (Fsp3) is 0.100. The van der Waals surface area contributed by atoms with E-state index in [9.17, 15) is 4.79 Å². The Labute approximate surface area is 144 Å². The largest absolute Gasteiger partial charge is 0.493 e. The molecular formula is C20H16N2O3. The van der Waals surface area contributed by atoms with E-state index < -0.39 is 0 Å². The maximum atomic E-state index is 12.3. The SMILES string of the molecule is COc1cc2c(=O)ccn(-c3ccc4ncccc4c3)c2cc1OC. The third kappa shape index (κ3) is 2.50. The number of aromatic nitrogens is 2. The van der Waals surface area contributed by atoms with Gasteiger partial charge in [0.1, 0.15) is 0 Å². The highest BCUT2D eigenvalue weighted by atomic mass is 16.5. The van der Waals surface area contributed by atoms with Gasteiger partial charge in [0.05, 0.1) is 25.3 Å². The van der Waals surface area contributed by atoms with Crippen LogP contribution in [0.5, 0.6) is 11.5 Å². The molecule has 0 radical (unpaired) electrons. The molecule has 0 atom stereocenters. The Balaban J connectivity index is 2.03. The van der Waals surface area contributed by atoms with Gasteiger partial charge in [0.2, 0.25) is 0 Å². The number of hydrogen-bond acceptors (Lipinski definition) is 4. The van der Waals surface area contributed by atoms with Crippen LogP contribution in [0.3, 0.4) is 0 Å². The first-order chi connectivity index (χ1) is 12.2.